The Hall–Kier alpha value is -10.3. The summed E-state index contributed by atoms with van der Waals surface area (Å²) in [5.74, 6) is 1.77. The van der Waals surface area contributed by atoms with Crippen LogP contribution in [0, 0.1) is 25.6 Å². The van der Waals surface area contributed by atoms with Crippen LogP contribution in [0.4, 0.5) is 23.6 Å². The van der Waals surface area contributed by atoms with Crippen LogP contribution in [0.3, 0.4) is 0 Å². The number of anilines is 1. The lowest BCUT2D eigenvalue weighted by atomic mass is 9.86. The molecule has 5 atom stereocenters. The van der Waals surface area contributed by atoms with Crippen LogP contribution in [-0.4, -0.2) is 140 Å². The summed E-state index contributed by atoms with van der Waals surface area (Å²) in [5, 5.41) is 11.9. The van der Waals surface area contributed by atoms with Crippen LogP contribution in [0.2, 0.25) is 5.02 Å². The van der Waals surface area contributed by atoms with E-state index in [1.165, 1.54) is 29.1 Å². The number of amides is 3. The highest BCUT2D eigenvalue weighted by Gasteiger charge is 2.38. The van der Waals surface area contributed by atoms with Crippen LogP contribution in [-0.2, 0) is 23.8 Å². The summed E-state index contributed by atoms with van der Waals surface area (Å²) in [5.41, 5.74) is 9.22. The van der Waals surface area contributed by atoms with Gasteiger partial charge in [0.25, 0.3) is 17.8 Å². The summed E-state index contributed by atoms with van der Waals surface area (Å²) in [4.78, 5) is 67.2. The van der Waals surface area contributed by atoms with Gasteiger partial charge in [-0.2, -0.15) is 33.1 Å². The number of nitrogens with zero attached hydrogens (tertiary/aromatic N) is 11. The quantitative estimate of drug-likeness (QED) is 0.0895. The molecule has 520 valence electrons. The molecule has 2 saturated heterocycles. The Morgan fingerprint density at radius 1 is 0.720 bits per heavy atom. The number of halogens is 5. The van der Waals surface area contributed by atoms with Crippen molar-refractivity contribution >= 4 is 46.4 Å². The SMILES string of the molecule is CNC(=O)[C@@H](c1ccccc1)N1CCc2cc(OC)c(OC)cc2[C@@H]1CCc1ccc(C(F)(F)F)cc1.Cc1ccc(-c2ncccn2)c(C(=O)N2C[C@H](COc3ccc(F)cn3)CC[C@H]2C)c1.Cc1ccc(-n2nccn2)c(C(=O)N2CCN(c3nc4cc(Cl)ccc4o3)CC[C@H]2C)c1. The lowest BCUT2D eigenvalue weighted by molar-refractivity contribution is -0.137. The number of hydrogen-bond acceptors (Lipinski definition) is 15. The first-order chi connectivity index (χ1) is 48.3. The van der Waals surface area contributed by atoms with Crippen LogP contribution in [0.1, 0.15) is 111 Å². The van der Waals surface area contributed by atoms with E-state index >= 15 is 0 Å². The second kappa shape index (κ2) is 32.2. The van der Waals surface area contributed by atoms with Crippen molar-refractivity contribution in [2.24, 2.45) is 5.92 Å². The Morgan fingerprint density at radius 3 is 2.12 bits per heavy atom. The summed E-state index contributed by atoms with van der Waals surface area (Å²) in [6.07, 6.45) is 7.84. The van der Waals surface area contributed by atoms with Crippen molar-refractivity contribution in [1.29, 1.82) is 0 Å². The molecule has 19 nitrogen and oxygen atoms in total. The molecular weight excluding hydrogens is 1300 g/mol. The standard InChI is InChI=1S/C29H31F3N2O3.C24H25FN4O2.C23H23ClN6O2/c1-33-28(35)27(20-7-5-4-6-8-20)34-16-15-21-17-25(36-2)26(37-3)18-23(21)24(34)14-11-19-9-12-22(13-10-19)29(30,31)32;1-16-4-8-20(23-26-10-3-11-27-23)21(12-16)24(30)29-14-18(6-5-17(29)2)15-31-22-9-7-19(25)13-28-22;1-15-3-5-20(30-25-8-9-26-30)18(13-15)22(31)29-12-11-28(10-7-16(29)2)23-27-19-14-17(24)4-6-21(19)32-23/h4-10,12-13,17-18,24,27H,11,14-16H2,1-3H3,(H,33,35);3-4,7-13,17-18H,5-6,14-15H2,1-2H3;3-6,8-9,13-14,16H,7,10-12H2,1-2H3/t24-,27+;17-,18-;16-/m011/s1. The number of aryl methyl sites for hydroxylation is 3. The number of oxazole rings is 1. The average molecular weight is 1380 g/mol. The second-order valence-electron chi connectivity index (χ2n) is 25.1. The number of hydrogen-bond donors (Lipinski definition) is 1. The molecule has 24 heteroatoms. The Balaban J connectivity index is 0.000000152. The van der Waals surface area contributed by atoms with Gasteiger partial charge in [0.15, 0.2) is 22.9 Å². The highest BCUT2D eigenvalue weighted by atomic mass is 35.5. The summed E-state index contributed by atoms with van der Waals surface area (Å²) in [6.45, 7) is 11.7. The maximum absolute atomic E-state index is 13.6. The van der Waals surface area contributed by atoms with E-state index in [9.17, 15) is 31.9 Å². The summed E-state index contributed by atoms with van der Waals surface area (Å²) >= 11 is 6.08. The van der Waals surface area contributed by atoms with Crippen LogP contribution < -0.4 is 24.4 Å². The molecule has 0 aliphatic carbocycles. The van der Waals surface area contributed by atoms with Crippen molar-refractivity contribution in [3.8, 4) is 34.5 Å². The van der Waals surface area contributed by atoms with Gasteiger partial charge >= 0.3 is 6.18 Å². The number of fused-ring (bicyclic) bond motifs is 2. The van der Waals surface area contributed by atoms with Gasteiger partial charge in [-0.1, -0.05) is 83.4 Å². The first-order valence-electron chi connectivity index (χ1n) is 33.2. The van der Waals surface area contributed by atoms with E-state index in [1.807, 2.05) is 109 Å². The minimum absolute atomic E-state index is 0.0248. The number of piperidine rings is 1. The summed E-state index contributed by atoms with van der Waals surface area (Å²) in [7, 11) is 4.80. The molecule has 0 unspecified atom stereocenters. The fourth-order valence-electron chi connectivity index (χ4n) is 13.0. The number of benzene rings is 6. The molecule has 0 bridgehead atoms. The molecule has 2 fully saturated rings. The summed E-state index contributed by atoms with van der Waals surface area (Å²) in [6, 6.07) is 40.4. The topological polar surface area (TPSA) is 199 Å². The van der Waals surface area contributed by atoms with Crippen molar-refractivity contribution in [3.63, 3.8) is 0 Å². The molecule has 0 radical (unpaired) electrons. The first kappa shape index (κ1) is 71.0. The van der Waals surface area contributed by atoms with E-state index in [2.05, 4.69) is 59.1 Å². The van der Waals surface area contributed by atoms with E-state index in [0.29, 0.717) is 109 Å². The molecule has 4 aromatic heterocycles. The molecule has 3 aliphatic rings. The molecule has 0 saturated carbocycles. The van der Waals surface area contributed by atoms with E-state index in [0.717, 1.165) is 88.6 Å². The smallest absolute Gasteiger partial charge is 0.416 e. The third-order valence-electron chi connectivity index (χ3n) is 18.4. The van der Waals surface area contributed by atoms with Crippen molar-refractivity contribution in [2.45, 2.75) is 96.6 Å². The number of methoxy groups -OCH3 is 2. The molecule has 10 aromatic rings. The lowest BCUT2D eigenvalue weighted by Crippen LogP contribution is -2.47. The van der Waals surface area contributed by atoms with Gasteiger partial charge < -0.3 is 38.6 Å². The van der Waals surface area contributed by atoms with E-state index in [4.69, 9.17) is 30.2 Å². The zero-order chi connectivity index (χ0) is 70.6. The third kappa shape index (κ3) is 16.9. The minimum atomic E-state index is -4.37. The number of nitrogens with one attached hydrogen (secondary N) is 1. The second-order valence-corrected chi connectivity index (χ2v) is 25.6. The zero-order valence-electron chi connectivity index (χ0n) is 56.7. The summed E-state index contributed by atoms with van der Waals surface area (Å²) < 4.78 is 74.9. The van der Waals surface area contributed by atoms with Gasteiger partial charge in [0.1, 0.15) is 17.4 Å². The highest BCUT2D eigenvalue weighted by Crippen LogP contribution is 2.44. The van der Waals surface area contributed by atoms with Crippen LogP contribution in [0.15, 0.2) is 175 Å². The average Bonchev–Trinajstić information content (AvgIpc) is 0.997. The maximum Gasteiger partial charge on any atom is 0.416 e. The third-order valence-corrected chi connectivity index (χ3v) is 18.7. The molecule has 6 aromatic carbocycles. The van der Waals surface area contributed by atoms with Crippen molar-refractivity contribution in [3.05, 3.63) is 231 Å². The number of alkyl halides is 3. The molecule has 0 spiro atoms. The zero-order valence-corrected chi connectivity index (χ0v) is 57.5. The first-order valence-corrected chi connectivity index (χ1v) is 33.6. The van der Waals surface area contributed by atoms with E-state index < -0.39 is 23.6 Å². The fourth-order valence-corrected chi connectivity index (χ4v) is 13.2. The number of carbonyl (C=O) groups excluding carboxylic acids is 3. The maximum atomic E-state index is 13.6. The van der Waals surface area contributed by atoms with Crippen molar-refractivity contribution < 1.29 is 50.6 Å². The van der Waals surface area contributed by atoms with Gasteiger partial charge in [0, 0.05) is 92.9 Å². The molecule has 7 heterocycles. The van der Waals surface area contributed by atoms with Gasteiger partial charge in [0.05, 0.1) is 61.8 Å². The minimum Gasteiger partial charge on any atom is -0.493 e. The number of likely N-dealkylation sites (N-methyl/N-ethyl adjacent to an activating group) is 1. The van der Waals surface area contributed by atoms with Crippen molar-refractivity contribution in [1.82, 2.24) is 54.9 Å². The largest absolute Gasteiger partial charge is 0.493 e. The molecule has 3 aliphatic heterocycles. The Morgan fingerprint density at radius 2 is 1.42 bits per heavy atom. The Kier molecular flexibility index (Phi) is 22.8. The number of rotatable bonds is 16. The van der Waals surface area contributed by atoms with Gasteiger partial charge in [-0.25, -0.2) is 19.3 Å². The number of pyridine rings is 1. The molecule has 100 heavy (non-hydrogen) atoms. The molecular formula is C76H79ClF4N12O7. The highest BCUT2D eigenvalue weighted by molar-refractivity contribution is 6.31. The number of aromatic nitrogens is 7. The molecule has 1 N–H and O–H groups in total. The monoisotopic (exact) mass is 1380 g/mol. The predicted octanol–water partition coefficient (Wildman–Crippen LogP) is 14.2. The van der Waals surface area contributed by atoms with Gasteiger partial charge in [-0.05, 0) is 161 Å². The van der Waals surface area contributed by atoms with E-state index in [1.54, 1.807) is 64.3 Å². The van der Waals surface area contributed by atoms with Crippen LogP contribution in [0.5, 0.6) is 17.4 Å². The number of ether oxygens (including phenoxy) is 3. The van der Waals surface area contributed by atoms with Gasteiger partial charge in [-0.15, -0.1) is 0 Å². The van der Waals surface area contributed by atoms with Gasteiger partial charge in [0.2, 0.25) is 11.8 Å². The fraction of sp³-hybridized carbons (Fsp3) is 0.329. The van der Waals surface area contributed by atoms with E-state index in [-0.39, 0.29) is 41.8 Å². The molecule has 3 amide bonds. The van der Waals surface area contributed by atoms with Crippen molar-refractivity contribution in [2.75, 3.05) is 65.5 Å². The Labute approximate surface area is 583 Å². The lowest BCUT2D eigenvalue weighted by Gasteiger charge is -2.42. The predicted molar refractivity (Wildman–Crippen MR) is 373 cm³/mol. The van der Waals surface area contributed by atoms with Gasteiger partial charge in [-0.3, -0.25) is 19.3 Å². The number of likely N-dealkylation sites (tertiary alicyclic amines) is 1. The Bertz CT molecular complexity index is 4420. The normalized spacial score (nSPS) is 17.3. The van der Waals surface area contributed by atoms with Crippen LogP contribution >= 0.6 is 11.6 Å². The number of carbonyl (C=O) groups is 3. The molecule has 13 rings (SSSR count). The van der Waals surface area contributed by atoms with Crippen LogP contribution in [0.25, 0.3) is 28.2 Å².